The zero-order valence-corrected chi connectivity index (χ0v) is 10.5. The third kappa shape index (κ3) is 3.24. The molecule has 96 valence electrons. The maximum atomic E-state index is 13.5. The summed E-state index contributed by atoms with van der Waals surface area (Å²) >= 11 is 0. The Labute approximate surface area is 101 Å². The van der Waals surface area contributed by atoms with Crippen molar-refractivity contribution in [2.75, 3.05) is 19.7 Å². The lowest BCUT2D eigenvalue weighted by atomic mass is 10.3. The van der Waals surface area contributed by atoms with Crippen LogP contribution in [0.15, 0.2) is 29.2 Å². The van der Waals surface area contributed by atoms with E-state index < -0.39 is 15.8 Å². The predicted molar refractivity (Wildman–Crippen MR) is 62.5 cm³/mol. The number of aliphatic hydroxyl groups is 1. The first-order valence-electron chi connectivity index (χ1n) is 5.39. The van der Waals surface area contributed by atoms with Crippen molar-refractivity contribution in [3.8, 4) is 0 Å². The van der Waals surface area contributed by atoms with Crippen LogP contribution in [0.25, 0.3) is 0 Å². The van der Waals surface area contributed by atoms with Gasteiger partial charge in [0, 0.05) is 13.1 Å². The van der Waals surface area contributed by atoms with Crippen molar-refractivity contribution in [2.45, 2.75) is 18.2 Å². The van der Waals surface area contributed by atoms with Gasteiger partial charge in [0.05, 0.1) is 6.61 Å². The molecule has 0 saturated carbocycles. The molecule has 1 N–H and O–H groups in total. The summed E-state index contributed by atoms with van der Waals surface area (Å²) < 4.78 is 38.8. The van der Waals surface area contributed by atoms with E-state index in [4.69, 9.17) is 5.11 Å². The highest BCUT2D eigenvalue weighted by Crippen LogP contribution is 2.18. The summed E-state index contributed by atoms with van der Waals surface area (Å²) in [7, 11) is -3.86. The summed E-state index contributed by atoms with van der Waals surface area (Å²) in [6.07, 6.45) is 0.605. The fraction of sp³-hybridized carbons (Fsp3) is 0.455. The topological polar surface area (TPSA) is 57.6 Å². The number of aliphatic hydroxyl groups excluding tert-OH is 1. The van der Waals surface area contributed by atoms with Crippen LogP contribution in [0.1, 0.15) is 13.3 Å². The number of hydrogen-bond acceptors (Lipinski definition) is 3. The SMILES string of the molecule is CCCN(CCO)S(=O)(=O)c1ccccc1F. The molecule has 0 radical (unpaired) electrons. The molecule has 0 bridgehead atoms. The second-order valence-electron chi connectivity index (χ2n) is 3.56. The Morgan fingerprint density at radius 3 is 2.47 bits per heavy atom. The van der Waals surface area contributed by atoms with E-state index in [0.29, 0.717) is 6.42 Å². The molecule has 0 aliphatic heterocycles. The number of halogens is 1. The molecule has 6 heteroatoms. The van der Waals surface area contributed by atoms with Crippen molar-refractivity contribution in [2.24, 2.45) is 0 Å². The summed E-state index contributed by atoms with van der Waals surface area (Å²) in [5, 5.41) is 8.84. The normalized spacial score (nSPS) is 12.0. The van der Waals surface area contributed by atoms with Gasteiger partial charge < -0.3 is 5.11 Å². The average Bonchev–Trinajstić information content (AvgIpc) is 2.29. The van der Waals surface area contributed by atoms with Gasteiger partial charge in [-0.1, -0.05) is 19.1 Å². The number of rotatable bonds is 6. The van der Waals surface area contributed by atoms with Gasteiger partial charge in [-0.3, -0.25) is 0 Å². The maximum absolute atomic E-state index is 13.5. The third-order valence-electron chi connectivity index (χ3n) is 2.28. The van der Waals surface area contributed by atoms with E-state index >= 15 is 0 Å². The monoisotopic (exact) mass is 261 g/mol. The molecule has 0 atom stereocenters. The number of nitrogens with zero attached hydrogens (tertiary/aromatic N) is 1. The molecule has 1 rings (SSSR count). The number of benzene rings is 1. The molecule has 1 aromatic carbocycles. The van der Waals surface area contributed by atoms with Gasteiger partial charge in [-0.15, -0.1) is 0 Å². The summed E-state index contributed by atoms with van der Waals surface area (Å²) in [5.41, 5.74) is 0. The molecule has 0 unspecified atom stereocenters. The molecule has 1 aromatic rings. The Bertz CT molecular complexity index is 456. The first-order valence-corrected chi connectivity index (χ1v) is 6.83. The summed E-state index contributed by atoms with van der Waals surface area (Å²) in [5.74, 6) is -0.772. The lowest BCUT2D eigenvalue weighted by Crippen LogP contribution is -2.34. The van der Waals surface area contributed by atoms with Gasteiger partial charge >= 0.3 is 0 Å². The summed E-state index contributed by atoms with van der Waals surface area (Å²) in [4.78, 5) is -0.345. The first kappa shape index (κ1) is 14.1. The van der Waals surface area contributed by atoms with E-state index in [-0.39, 0.29) is 24.6 Å². The fourth-order valence-electron chi connectivity index (χ4n) is 1.51. The Morgan fingerprint density at radius 2 is 1.94 bits per heavy atom. The van der Waals surface area contributed by atoms with E-state index in [9.17, 15) is 12.8 Å². The fourth-order valence-corrected chi connectivity index (χ4v) is 3.09. The quantitative estimate of drug-likeness (QED) is 0.837. The van der Waals surface area contributed by atoms with Crippen molar-refractivity contribution in [1.82, 2.24) is 4.31 Å². The Morgan fingerprint density at radius 1 is 1.29 bits per heavy atom. The largest absolute Gasteiger partial charge is 0.395 e. The molecule has 0 spiro atoms. The molecule has 0 aliphatic carbocycles. The van der Waals surface area contributed by atoms with Crippen LogP contribution in [0.5, 0.6) is 0 Å². The Kier molecular flexibility index (Phi) is 5.04. The molecule has 0 amide bonds. The van der Waals surface area contributed by atoms with E-state index in [1.54, 1.807) is 0 Å². The van der Waals surface area contributed by atoms with Gasteiger partial charge in [-0.2, -0.15) is 4.31 Å². The highest BCUT2D eigenvalue weighted by atomic mass is 32.2. The van der Waals surface area contributed by atoms with Crippen LogP contribution in [-0.2, 0) is 10.0 Å². The lowest BCUT2D eigenvalue weighted by molar-refractivity contribution is 0.253. The van der Waals surface area contributed by atoms with Crippen LogP contribution in [-0.4, -0.2) is 37.5 Å². The van der Waals surface area contributed by atoms with Crippen molar-refractivity contribution in [1.29, 1.82) is 0 Å². The highest BCUT2D eigenvalue weighted by Gasteiger charge is 2.25. The number of hydrogen-bond donors (Lipinski definition) is 1. The lowest BCUT2D eigenvalue weighted by Gasteiger charge is -2.20. The van der Waals surface area contributed by atoms with Gasteiger partial charge in [0.15, 0.2) is 0 Å². The third-order valence-corrected chi connectivity index (χ3v) is 4.21. The number of sulfonamides is 1. The van der Waals surface area contributed by atoms with E-state index in [2.05, 4.69) is 0 Å². The van der Waals surface area contributed by atoms with Crippen LogP contribution in [0.4, 0.5) is 4.39 Å². The van der Waals surface area contributed by atoms with Crippen LogP contribution in [0.2, 0.25) is 0 Å². The smallest absolute Gasteiger partial charge is 0.246 e. The summed E-state index contributed by atoms with van der Waals surface area (Å²) in [6, 6.07) is 5.24. The molecule has 17 heavy (non-hydrogen) atoms. The van der Waals surface area contributed by atoms with Crippen molar-refractivity contribution >= 4 is 10.0 Å². The summed E-state index contributed by atoms with van der Waals surface area (Å²) in [6.45, 7) is 1.77. The minimum atomic E-state index is -3.86. The molecule has 0 aromatic heterocycles. The molecular weight excluding hydrogens is 245 g/mol. The van der Waals surface area contributed by atoms with Gasteiger partial charge in [0.1, 0.15) is 10.7 Å². The predicted octanol–water partition coefficient (Wildman–Crippen LogP) is 1.22. The van der Waals surface area contributed by atoms with Crippen molar-refractivity contribution < 1.29 is 17.9 Å². The first-order chi connectivity index (χ1) is 8.04. The zero-order chi connectivity index (χ0) is 12.9. The second-order valence-corrected chi connectivity index (χ2v) is 5.46. The molecule has 0 aliphatic rings. The van der Waals surface area contributed by atoms with E-state index in [0.717, 1.165) is 10.4 Å². The van der Waals surface area contributed by atoms with Crippen LogP contribution in [0.3, 0.4) is 0 Å². The standard InChI is InChI=1S/C11H16FNO3S/c1-2-7-13(8-9-14)17(15,16)11-6-4-3-5-10(11)12/h3-6,14H,2,7-9H2,1H3. The molecule has 0 fully saturated rings. The van der Waals surface area contributed by atoms with Gasteiger partial charge in [0.2, 0.25) is 10.0 Å². The minimum absolute atomic E-state index is 0.0233. The van der Waals surface area contributed by atoms with E-state index in [1.807, 2.05) is 6.92 Å². The maximum Gasteiger partial charge on any atom is 0.246 e. The zero-order valence-electron chi connectivity index (χ0n) is 9.63. The molecular formula is C11H16FNO3S. The highest BCUT2D eigenvalue weighted by molar-refractivity contribution is 7.89. The minimum Gasteiger partial charge on any atom is -0.395 e. The van der Waals surface area contributed by atoms with E-state index in [1.165, 1.54) is 18.2 Å². The Hall–Kier alpha value is -0.980. The molecule has 4 nitrogen and oxygen atoms in total. The van der Waals surface area contributed by atoms with Crippen LogP contribution in [0, 0.1) is 5.82 Å². The van der Waals surface area contributed by atoms with Gasteiger partial charge in [0.25, 0.3) is 0 Å². The van der Waals surface area contributed by atoms with Gasteiger partial charge in [-0.05, 0) is 18.6 Å². The molecule has 0 saturated heterocycles. The van der Waals surface area contributed by atoms with Crippen molar-refractivity contribution in [3.05, 3.63) is 30.1 Å². The molecule has 0 heterocycles. The Balaban J connectivity index is 3.12. The van der Waals surface area contributed by atoms with Gasteiger partial charge in [-0.25, -0.2) is 12.8 Å². The average molecular weight is 261 g/mol. The second kappa shape index (κ2) is 6.09. The van der Waals surface area contributed by atoms with Crippen molar-refractivity contribution in [3.63, 3.8) is 0 Å². The van der Waals surface area contributed by atoms with Crippen LogP contribution >= 0.6 is 0 Å². The van der Waals surface area contributed by atoms with Crippen LogP contribution < -0.4 is 0 Å².